The third-order valence-corrected chi connectivity index (χ3v) is 4.43. The molecule has 1 aliphatic heterocycles. The fourth-order valence-corrected chi connectivity index (χ4v) is 2.95. The first kappa shape index (κ1) is 16.5. The standard InChI is InChI=1S/C18H25NO3/c1-4-22-16(20)14-10-12-19(13-11-14)17(21)18(2,3)15-8-6-5-7-9-15/h5-9,14H,4,10-13H2,1-3H3. The molecule has 1 aliphatic rings. The molecule has 0 N–H and O–H groups in total. The van der Waals surface area contributed by atoms with Crippen LogP contribution in [0.3, 0.4) is 0 Å². The summed E-state index contributed by atoms with van der Waals surface area (Å²) in [6.07, 6.45) is 1.38. The van der Waals surface area contributed by atoms with Crippen LogP contribution in [0.2, 0.25) is 0 Å². The lowest BCUT2D eigenvalue weighted by Crippen LogP contribution is -2.48. The predicted molar refractivity (Wildman–Crippen MR) is 85.4 cm³/mol. The van der Waals surface area contributed by atoms with Crippen LogP contribution in [0.15, 0.2) is 30.3 Å². The number of likely N-dealkylation sites (tertiary alicyclic amines) is 1. The number of esters is 1. The molecule has 1 aromatic carbocycles. The molecule has 2 rings (SSSR count). The van der Waals surface area contributed by atoms with Crippen molar-refractivity contribution in [2.45, 2.75) is 39.0 Å². The zero-order valence-electron chi connectivity index (χ0n) is 13.7. The van der Waals surface area contributed by atoms with E-state index in [0.717, 1.165) is 5.56 Å². The van der Waals surface area contributed by atoms with Gasteiger partial charge in [0.05, 0.1) is 17.9 Å². The Hall–Kier alpha value is -1.84. The van der Waals surface area contributed by atoms with Crippen molar-refractivity contribution in [1.29, 1.82) is 0 Å². The van der Waals surface area contributed by atoms with Crippen molar-refractivity contribution >= 4 is 11.9 Å². The summed E-state index contributed by atoms with van der Waals surface area (Å²) >= 11 is 0. The second kappa shape index (κ2) is 6.95. The number of amides is 1. The van der Waals surface area contributed by atoms with Crippen molar-refractivity contribution in [3.05, 3.63) is 35.9 Å². The van der Waals surface area contributed by atoms with Crippen molar-refractivity contribution < 1.29 is 14.3 Å². The summed E-state index contributed by atoms with van der Waals surface area (Å²) in [5.41, 5.74) is 0.477. The van der Waals surface area contributed by atoms with Crippen LogP contribution in [-0.2, 0) is 19.7 Å². The summed E-state index contributed by atoms with van der Waals surface area (Å²) in [6.45, 7) is 7.40. The number of hydrogen-bond acceptors (Lipinski definition) is 3. The van der Waals surface area contributed by atoms with Crippen molar-refractivity contribution in [2.24, 2.45) is 5.92 Å². The van der Waals surface area contributed by atoms with Gasteiger partial charge in [-0.25, -0.2) is 0 Å². The minimum Gasteiger partial charge on any atom is -0.466 e. The summed E-state index contributed by atoms with van der Waals surface area (Å²) in [5.74, 6) is -0.0678. The van der Waals surface area contributed by atoms with Crippen molar-refractivity contribution in [3.63, 3.8) is 0 Å². The number of nitrogens with zero attached hydrogens (tertiary/aromatic N) is 1. The monoisotopic (exact) mass is 303 g/mol. The third kappa shape index (κ3) is 3.49. The van der Waals surface area contributed by atoms with Gasteiger partial charge in [-0.05, 0) is 39.2 Å². The van der Waals surface area contributed by atoms with Gasteiger partial charge in [-0.3, -0.25) is 9.59 Å². The van der Waals surface area contributed by atoms with Crippen LogP contribution in [0.25, 0.3) is 0 Å². The summed E-state index contributed by atoms with van der Waals surface area (Å²) in [4.78, 5) is 26.5. The van der Waals surface area contributed by atoms with E-state index in [0.29, 0.717) is 32.5 Å². The summed E-state index contributed by atoms with van der Waals surface area (Å²) in [5, 5.41) is 0. The Morgan fingerprint density at radius 1 is 1.18 bits per heavy atom. The number of carbonyl (C=O) groups is 2. The molecular formula is C18H25NO3. The van der Waals surface area contributed by atoms with Crippen LogP contribution >= 0.6 is 0 Å². The highest BCUT2D eigenvalue weighted by atomic mass is 16.5. The second-order valence-electron chi connectivity index (χ2n) is 6.31. The average Bonchev–Trinajstić information content (AvgIpc) is 2.55. The second-order valence-corrected chi connectivity index (χ2v) is 6.31. The Labute approximate surface area is 132 Å². The molecule has 0 spiro atoms. The minimum atomic E-state index is -0.544. The molecular weight excluding hydrogens is 278 g/mol. The summed E-state index contributed by atoms with van der Waals surface area (Å²) < 4.78 is 5.07. The van der Waals surface area contributed by atoms with Crippen molar-refractivity contribution in [2.75, 3.05) is 19.7 Å². The molecule has 1 amide bonds. The molecule has 0 aromatic heterocycles. The highest BCUT2D eigenvalue weighted by molar-refractivity contribution is 5.87. The van der Waals surface area contributed by atoms with Gasteiger partial charge in [0, 0.05) is 13.1 Å². The maximum atomic E-state index is 12.8. The third-order valence-electron chi connectivity index (χ3n) is 4.43. The Morgan fingerprint density at radius 3 is 2.32 bits per heavy atom. The van der Waals surface area contributed by atoms with Crippen molar-refractivity contribution in [1.82, 2.24) is 4.90 Å². The Balaban J connectivity index is 1.99. The largest absolute Gasteiger partial charge is 0.466 e. The first-order valence-electron chi connectivity index (χ1n) is 7.98. The molecule has 1 aromatic rings. The van der Waals surface area contributed by atoms with E-state index in [9.17, 15) is 9.59 Å². The highest BCUT2D eigenvalue weighted by Gasteiger charge is 2.36. The molecule has 4 nitrogen and oxygen atoms in total. The van der Waals surface area contributed by atoms with E-state index in [-0.39, 0.29) is 17.8 Å². The molecule has 0 atom stereocenters. The highest BCUT2D eigenvalue weighted by Crippen LogP contribution is 2.28. The molecule has 0 aliphatic carbocycles. The topological polar surface area (TPSA) is 46.6 Å². The van der Waals surface area contributed by atoms with E-state index in [1.165, 1.54) is 0 Å². The van der Waals surface area contributed by atoms with Gasteiger partial charge in [0.25, 0.3) is 0 Å². The van der Waals surface area contributed by atoms with Gasteiger partial charge >= 0.3 is 5.97 Å². The van der Waals surface area contributed by atoms with Crippen molar-refractivity contribution in [3.8, 4) is 0 Å². The first-order chi connectivity index (χ1) is 10.5. The normalized spacial score (nSPS) is 16.4. The van der Waals surface area contributed by atoms with Gasteiger partial charge in [0.2, 0.25) is 5.91 Å². The Morgan fingerprint density at radius 2 is 1.77 bits per heavy atom. The number of ether oxygens (including phenoxy) is 1. The van der Waals surface area contributed by atoms with Crippen LogP contribution < -0.4 is 0 Å². The van der Waals surface area contributed by atoms with Crippen LogP contribution in [-0.4, -0.2) is 36.5 Å². The molecule has 0 saturated carbocycles. The van der Waals surface area contributed by atoms with Crippen LogP contribution in [0, 0.1) is 5.92 Å². The van der Waals surface area contributed by atoms with Gasteiger partial charge in [-0.2, -0.15) is 0 Å². The SMILES string of the molecule is CCOC(=O)C1CCN(C(=O)C(C)(C)c2ccccc2)CC1. The lowest BCUT2D eigenvalue weighted by atomic mass is 9.82. The van der Waals surface area contributed by atoms with Gasteiger partial charge in [0.15, 0.2) is 0 Å². The molecule has 1 saturated heterocycles. The van der Waals surface area contributed by atoms with E-state index < -0.39 is 5.41 Å². The molecule has 0 bridgehead atoms. The first-order valence-corrected chi connectivity index (χ1v) is 7.98. The average molecular weight is 303 g/mol. The van der Waals surface area contributed by atoms with Gasteiger partial charge in [-0.1, -0.05) is 30.3 Å². The van der Waals surface area contributed by atoms with E-state index in [4.69, 9.17) is 4.74 Å². The smallest absolute Gasteiger partial charge is 0.309 e. The fourth-order valence-electron chi connectivity index (χ4n) is 2.95. The lowest BCUT2D eigenvalue weighted by Gasteiger charge is -2.36. The van der Waals surface area contributed by atoms with Crippen LogP contribution in [0.4, 0.5) is 0 Å². The predicted octanol–water partition coefficient (Wildman–Crippen LogP) is 2.77. The van der Waals surface area contributed by atoms with Gasteiger partial charge < -0.3 is 9.64 Å². The molecule has 22 heavy (non-hydrogen) atoms. The quantitative estimate of drug-likeness (QED) is 0.804. The molecule has 1 fully saturated rings. The molecule has 120 valence electrons. The maximum Gasteiger partial charge on any atom is 0.309 e. The zero-order chi connectivity index (χ0) is 16.2. The number of benzene rings is 1. The molecule has 0 unspecified atom stereocenters. The zero-order valence-corrected chi connectivity index (χ0v) is 13.7. The van der Waals surface area contributed by atoms with E-state index in [1.807, 2.05) is 56.0 Å². The molecule has 4 heteroatoms. The fraction of sp³-hybridized carbons (Fsp3) is 0.556. The lowest BCUT2D eigenvalue weighted by molar-refractivity contribution is -0.151. The molecule has 1 heterocycles. The van der Waals surface area contributed by atoms with Crippen LogP contribution in [0.5, 0.6) is 0 Å². The van der Waals surface area contributed by atoms with Crippen LogP contribution in [0.1, 0.15) is 39.2 Å². The van der Waals surface area contributed by atoms with Gasteiger partial charge in [0.1, 0.15) is 0 Å². The number of rotatable bonds is 4. The number of hydrogen-bond donors (Lipinski definition) is 0. The summed E-state index contributed by atoms with van der Waals surface area (Å²) in [6, 6.07) is 9.84. The number of carbonyl (C=O) groups excluding carboxylic acids is 2. The Bertz CT molecular complexity index is 516. The molecule has 0 radical (unpaired) electrons. The maximum absolute atomic E-state index is 12.8. The van der Waals surface area contributed by atoms with E-state index in [2.05, 4.69) is 0 Å². The van der Waals surface area contributed by atoms with E-state index in [1.54, 1.807) is 0 Å². The number of piperidine rings is 1. The summed E-state index contributed by atoms with van der Waals surface area (Å²) in [7, 11) is 0. The Kier molecular flexibility index (Phi) is 5.22. The minimum absolute atomic E-state index is 0.0659. The van der Waals surface area contributed by atoms with Gasteiger partial charge in [-0.15, -0.1) is 0 Å². The van der Waals surface area contributed by atoms with E-state index >= 15 is 0 Å².